The van der Waals surface area contributed by atoms with Crippen molar-refractivity contribution in [3.63, 3.8) is 0 Å². The molecule has 0 aliphatic carbocycles. The lowest BCUT2D eigenvalue weighted by Crippen LogP contribution is -2.31. The van der Waals surface area contributed by atoms with Crippen molar-refractivity contribution in [1.29, 1.82) is 0 Å². The third-order valence-corrected chi connectivity index (χ3v) is 3.01. The predicted molar refractivity (Wildman–Crippen MR) is 58.8 cm³/mol. The van der Waals surface area contributed by atoms with Gasteiger partial charge in [0, 0.05) is 0 Å². The molecule has 0 saturated heterocycles. The van der Waals surface area contributed by atoms with Crippen LogP contribution in [0, 0.1) is 11.3 Å². The highest BCUT2D eigenvalue weighted by molar-refractivity contribution is 4.80. The average Bonchev–Trinajstić information content (AvgIpc) is 1.83. The molecule has 0 bridgehead atoms. The van der Waals surface area contributed by atoms with Gasteiger partial charge in [-0.2, -0.15) is 0 Å². The van der Waals surface area contributed by atoms with Crippen LogP contribution in [-0.2, 0) is 0 Å². The van der Waals surface area contributed by atoms with E-state index in [1.54, 1.807) is 0 Å². The van der Waals surface area contributed by atoms with Crippen LogP contribution in [0.1, 0.15) is 60.8 Å². The smallest absolute Gasteiger partial charge is 0.0622 e. The zero-order valence-corrected chi connectivity index (χ0v) is 10.1. The van der Waals surface area contributed by atoms with Crippen LogP contribution in [0.2, 0.25) is 0 Å². The van der Waals surface area contributed by atoms with Crippen molar-refractivity contribution in [2.24, 2.45) is 11.3 Å². The number of rotatable bonds is 4. The Hall–Kier alpha value is -0.0400. The van der Waals surface area contributed by atoms with E-state index in [1.807, 2.05) is 6.92 Å². The predicted octanol–water partition coefficient (Wildman–Crippen LogP) is 3.61. The number of aliphatic hydroxyl groups is 1. The van der Waals surface area contributed by atoms with E-state index in [2.05, 4.69) is 34.6 Å². The summed E-state index contributed by atoms with van der Waals surface area (Å²) in [5, 5.41) is 10.0. The highest BCUT2D eigenvalue weighted by atomic mass is 16.3. The maximum Gasteiger partial charge on any atom is 0.0622 e. The summed E-state index contributed by atoms with van der Waals surface area (Å²) in [6.07, 6.45) is 2.88. The van der Waals surface area contributed by atoms with E-state index in [0.717, 1.165) is 19.3 Å². The minimum Gasteiger partial charge on any atom is -0.390 e. The van der Waals surface area contributed by atoms with Crippen molar-refractivity contribution in [3.8, 4) is 0 Å². The lowest BCUT2D eigenvalue weighted by Gasteiger charge is -2.34. The molecule has 0 amide bonds. The molecule has 0 heterocycles. The van der Waals surface area contributed by atoms with Gasteiger partial charge < -0.3 is 5.11 Å². The Labute approximate surface area is 83.5 Å². The highest BCUT2D eigenvalue weighted by Gasteiger charge is 2.28. The third-order valence-electron chi connectivity index (χ3n) is 3.01. The van der Waals surface area contributed by atoms with Gasteiger partial charge >= 0.3 is 0 Å². The van der Waals surface area contributed by atoms with Gasteiger partial charge in [-0.25, -0.2) is 0 Å². The second-order valence-corrected chi connectivity index (χ2v) is 5.72. The number of hydrogen-bond acceptors (Lipinski definition) is 1. The highest BCUT2D eigenvalue weighted by Crippen LogP contribution is 2.33. The van der Waals surface area contributed by atoms with Crippen molar-refractivity contribution in [2.45, 2.75) is 66.4 Å². The molecule has 80 valence electrons. The maximum atomic E-state index is 10.0. The van der Waals surface area contributed by atoms with E-state index < -0.39 is 5.60 Å². The summed E-state index contributed by atoms with van der Waals surface area (Å²) in [5.74, 6) is 0.564. The molecule has 13 heavy (non-hydrogen) atoms. The average molecular weight is 186 g/mol. The molecule has 0 aliphatic heterocycles. The minimum atomic E-state index is -0.471. The van der Waals surface area contributed by atoms with Crippen LogP contribution in [-0.4, -0.2) is 10.7 Å². The zero-order valence-electron chi connectivity index (χ0n) is 10.1. The van der Waals surface area contributed by atoms with E-state index >= 15 is 0 Å². The van der Waals surface area contributed by atoms with Gasteiger partial charge in [0.25, 0.3) is 0 Å². The monoisotopic (exact) mass is 186 g/mol. The van der Waals surface area contributed by atoms with Crippen molar-refractivity contribution in [2.75, 3.05) is 0 Å². The molecule has 1 heteroatoms. The first-order chi connectivity index (χ1) is 5.69. The van der Waals surface area contributed by atoms with Crippen molar-refractivity contribution < 1.29 is 5.11 Å². The van der Waals surface area contributed by atoms with E-state index in [-0.39, 0.29) is 0 Å². The Morgan fingerprint density at radius 1 is 1.15 bits per heavy atom. The van der Waals surface area contributed by atoms with Crippen LogP contribution in [0.3, 0.4) is 0 Å². The standard InChI is InChI=1S/C12H26O/c1-7-8-12(6,13)9-10(2)11(3,4)5/h10,13H,7-9H2,1-6H3. The lowest BCUT2D eigenvalue weighted by molar-refractivity contribution is 0.00939. The molecule has 0 aromatic heterocycles. The first-order valence-electron chi connectivity index (χ1n) is 5.41. The van der Waals surface area contributed by atoms with Crippen molar-refractivity contribution in [3.05, 3.63) is 0 Å². The van der Waals surface area contributed by atoms with Crippen LogP contribution in [0.5, 0.6) is 0 Å². The summed E-state index contributed by atoms with van der Waals surface area (Å²) in [5.41, 5.74) is -0.167. The third kappa shape index (κ3) is 5.30. The Bertz CT molecular complexity index is 142. The van der Waals surface area contributed by atoms with Crippen LogP contribution in [0.4, 0.5) is 0 Å². The summed E-state index contributed by atoms with van der Waals surface area (Å²) in [7, 11) is 0. The molecule has 0 aliphatic rings. The van der Waals surface area contributed by atoms with Gasteiger partial charge in [0.15, 0.2) is 0 Å². The molecular weight excluding hydrogens is 160 g/mol. The van der Waals surface area contributed by atoms with E-state index in [4.69, 9.17) is 0 Å². The molecule has 0 saturated carbocycles. The normalized spacial score (nSPS) is 19.6. The zero-order chi connectivity index (χ0) is 10.7. The van der Waals surface area contributed by atoms with E-state index in [1.165, 1.54) is 0 Å². The topological polar surface area (TPSA) is 20.2 Å². The van der Waals surface area contributed by atoms with Gasteiger partial charge in [-0.1, -0.05) is 41.0 Å². The van der Waals surface area contributed by atoms with Gasteiger partial charge in [-0.05, 0) is 31.1 Å². The Kier molecular flexibility index (Phi) is 4.44. The maximum absolute atomic E-state index is 10.0. The molecule has 0 aromatic rings. The fourth-order valence-electron chi connectivity index (χ4n) is 1.61. The Morgan fingerprint density at radius 2 is 1.62 bits per heavy atom. The van der Waals surface area contributed by atoms with Crippen LogP contribution in [0.15, 0.2) is 0 Å². The molecule has 2 unspecified atom stereocenters. The molecular formula is C12H26O. The van der Waals surface area contributed by atoms with Crippen LogP contribution >= 0.6 is 0 Å². The van der Waals surface area contributed by atoms with Crippen molar-refractivity contribution in [1.82, 2.24) is 0 Å². The lowest BCUT2D eigenvalue weighted by atomic mass is 9.75. The molecule has 0 aromatic carbocycles. The second kappa shape index (κ2) is 4.45. The van der Waals surface area contributed by atoms with Crippen molar-refractivity contribution >= 4 is 0 Å². The first kappa shape index (κ1) is 13.0. The molecule has 0 radical (unpaired) electrons. The largest absolute Gasteiger partial charge is 0.390 e. The van der Waals surface area contributed by atoms with Gasteiger partial charge in [0.2, 0.25) is 0 Å². The molecule has 2 atom stereocenters. The fourth-order valence-corrected chi connectivity index (χ4v) is 1.61. The summed E-state index contributed by atoms with van der Waals surface area (Å²) in [6, 6.07) is 0. The first-order valence-corrected chi connectivity index (χ1v) is 5.41. The minimum absolute atomic E-state index is 0.303. The molecule has 1 N–H and O–H groups in total. The summed E-state index contributed by atoms with van der Waals surface area (Å²) in [6.45, 7) is 13.0. The Morgan fingerprint density at radius 3 is 1.92 bits per heavy atom. The van der Waals surface area contributed by atoms with Gasteiger partial charge in [0.05, 0.1) is 5.60 Å². The summed E-state index contributed by atoms with van der Waals surface area (Å²) < 4.78 is 0. The van der Waals surface area contributed by atoms with E-state index in [0.29, 0.717) is 11.3 Å². The van der Waals surface area contributed by atoms with Gasteiger partial charge in [-0.3, -0.25) is 0 Å². The molecule has 0 fully saturated rings. The summed E-state index contributed by atoms with van der Waals surface area (Å²) in [4.78, 5) is 0. The summed E-state index contributed by atoms with van der Waals surface area (Å²) >= 11 is 0. The van der Waals surface area contributed by atoms with E-state index in [9.17, 15) is 5.11 Å². The fraction of sp³-hybridized carbons (Fsp3) is 1.00. The number of hydrogen-bond donors (Lipinski definition) is 1. The Balaban J connectivity index is 4.11. The molecule has 1 nitrogen and oxygen atoms in total. The molecule has 0 rings (SSSR count). The SMILES string of the molecule is CCCC(C)(O)CC(C)C(C)(C)C. The second-order valence-electron chi connectivity index (χ2n) is 5.72. The molecule has 0 spiro atoms. The van der Waals surface area contributed by atoms with Gasteiger partial charge in [0.1, 0.15) is 0 Å². The van der Waals surface area contributed by atoms with Crippen LogP contribution in [0.25, 0.3) is 0 Å². The van der Waals surface area contributed by atoms with Crippen LogP contribution < -0.4 is 0 Å². The van der Waals surface area contributed by atoms with Gasteiger partial charge in [-0.15, -0.1) is 0 Å². The quantitative estimate of drug-likeness (QED) is 0.711.